The molecule has 2 aliphatic carbocycles. The summed E-state index contributed by atoms with van der Waals surface area (Å²) < 4.78 is 0. The molecular formula is C48H40Cl2SiZr-2. The number of hydrogen-bond acceptors (Lipinski definition) is 0. The average molecular weight is 807 g/mol. The van der Waals surface area contributed by atoms with E-state index in [9.17, 15) is 0 Å². The molecule has 52 heavy (non-hydrogen) atoms. The molecule has 0 saturated carbocycles. The molecule has 0 fully saturated rings. The molecule has 4 heteroatoms. The van der Waals surface area contributed by atoms with Crippen molar-refractivity contribution >= 4 is 72.8 Å². The Kier molecular flexibility index (Phi) is 11.7. The summed E-state index contributed by atoms with van der Waals surface area (Å²) >= 11 is 1.74. The van der Waals surface area contributed by atoms with E-state index in [2.05, 4.69) is 173 Å². The molecule has 0 N–H and O–H groups in total. The molecule has 256 valence electrons. The maximum atomic E-state index is 2.35. The number of hydrogen-bond donors (Lipinski definition) is 0. The molecule has 0 heterocycles. The molecule has 0 bridgehead atoms. The molecule has 2 aliphatic rings. The molecule has 0 amide bonds. The first-order valence-corrected chi connectivity index (χ1v) is 24.0. The fourth-order valence-corrected chi connectivity index (χ4v) is 7.78. The number of rotatable bonds is 4. The molecule has 0 spiro atoms. The van der Waals surface area contributed by atoms with Gasteiger partial charge in [-0.25, -0.2) is 0 Å². The molecule has 0 unspecified atom stereocenters. The molecule has 0 aliphatic heterocycles. The Hall–Kier alpha value is -3.78. The Balaban J connectivity index is 0.000000157. The Morgan fingerprint density at radius 3 is 1.19 bits per heavy atom. The predicted octanol–water partition coefficient (Wildman–Crippen LogP) is 7.64. The van der Waals surface area contributed by atoms with Gasteiger partial charge in [-0.1, -0.05) is 122 Å². The summed E-state index contributed by atoms with van der Waals surface area (Å²) in [5.41, 5.74) is 13.8. The zero-order chi connectivity index (χ0) is 34.4. The van der Waals surface area contributed by atoms with Gasteiger partial charge in [0.1, 0.15) is 0 Å². The summed E-state index contributed by atoms with van der Waals surface area (Å²) in [5.74, 6) is 0. The minimum Gasteiger partial charge on any atom is -1.00 e. The molecule has 10 rings (SSSR count). The minimum atomic E-state index is 0. The van der Waals surface area contributed by atoms with E-state index in [1.54, 1.807) is 23.3 Å². The van der Waals surface area contributed by atoms with Gasteiger partial charge < -0.3 is 24.8 Å². The zero-order valence-corrected chi connectivity index (χ0v) is 35.0. The Labute approximate surface area is 335 Å². The summed E-state index contributed by atoms with van der Waals surface area (Å²) in [4.78, 5) is 0. The van der Waals surface area contributed by atoms with Crippen LogP contribution in [0, 0.1) is 0 Å². The number of benzene rings is 6. The maximum Gasteiger partial charge on any atom is -1.00 e. The number of halogens is 2. The quantitative estimate of drug-likeness (QED) is 0.127. The SMILES string of the molecule is CCc1cc2c(-c3ccc4c5c(cccc35)C=C4)cccc2[cH-]1.CCc1cc2c(-c3ccc4c5c(cccc35)C=C4)cccc2[cH-]1.C[Si](C)=[Zr+2].[Cl-].[Cl-]. The van der Waals surface area contributed by atoms with Crippen molar-refractivity contribution in [3.05, 3.63) is 155 Å². The Morgan fingerprint density at radius 2 is 0.808 bits per heavy atom. The van der Waals surface area contributed by atoms with E-state index in [4.69, 9.17) is 0 Å². The number of fused-ring (bicyclic) bond motifs is 2. The summed E-state index contributed by atoms with van der Waals surface area (Å²) in [6.07, 6.45) is 11.1. The van der Waals surface area contributed by atoms with Crippen molar-refractivity contribution in [2.24, 2.45) is 0 Å². The zero-order valence-electron chi connectivity index (χ0n) is 30.0. The average Bonchev–Trinajstić information content (AvgIpc) is 3.94. The van der Waals surface area contributed by atoms with Gasteiger partial charge >= 0.3 is 41.9 Å². The van der Waals surface area contributed by atoms with E-state index in [1.807, 2.05) is 0 Å². The van der Waals surface area contributed by atoms with Gasteiger partial charge in [0, 0.05) is 0 Å². The summed E-state index contributed by atoms with van der Waals surface area (Å²) in [7, 11) is 0. The smallest absolute Gasteiger partial charge is 1.00 e. The third-order valence-electron chi connectivity index (χ3n) is 10.1. The normalized spacial score (nSPS) is 11.7. The molecule has 0 saturated heterocycles. The van der Waals surface area contributed by atoms with Crippen LogP contribution in [0.15, 0.2) is 121 Å². The molecular weight excluding hydrogens is 767 g/mol. The minimum absolute atomic E-state index is 0. The fourth-order valence-electron chi connectivity index (χ4n) is 7.78. The third-order valence-corrected chi connectivity index (χ3v) is 10.1. The second-order valence-electron chi connectivity index (χ2n) is 13.7. The first kappa shape index (κ1) is 38.0. The fraction of sp³-hybridized carbons (Fsp3) is 0.125. The van der Waals surface area contributed by atoms with Crippen LogP contribution < -0.4 is 24.8 Å². The van der Waals surface area contributed by atoms with E-state index >= 15 is 0 Å². The number of aryl methyl sites for hydroxylation is 2. The largest absolute Gasteiger partial charge is 1.00 e. The topological polar surface area (TPSA) is 0 Å². The molecule has 8 aromatic rings. The first-order valence-electron chi connectivity index (χ1n) is 17.8. The van der Waals surface area contributed by atoms with Crippen LogP contribution in [-0.4, -0.2) is 5.43 Å². The van der Waals surface area contributed by atoms with Crippen molar-refractivity contribution in [2.75, 3.05) is 0 Å². The van der Waals surface area contributed by atoms with Gasteiger partial charge in [-0.2, -0.15) is 12.1 Å². The van der Waals surface area contributed by atoms with Crippen LogP contribution in [0.2, 0.25) is 13.1 Å². The Bertz CT molecular complexity index is 2460. The van der Waals surface area contributed by atoms with Crippen molar-refractivity contribution in [1.82, 2.24) is 0 Å². The van der Waals surface area contributed by atoms with Crippen LogP contribution in [0.3, 0.4) is 0 Å². The van der Waals surface area contributed by atoms with E-state index in [1.165, 1.54) is 98.7 Å². The van der Waals surface area contributed by atoms with Crippen LogP contribution in [0.4, 0.5) is 0 Å². The van der Waals surface area contributed by atoms with E-state index in [0.717, 1.165) is 12.8 Å². The van der Waals surface area contributed by atoms with Crippen LogP contribution in [0.1, 0.15) is 47.2 Å². The molecule has 0 nitrogen and oxygen atoms in total. The van der Waals surface area contributed by atoms with Gasteiger partial charge in [0.15, 0.2) is 0 Å². The van der Waals surface area contributed by atoms with E-state index < -0.39 is 0 Å². The Morgan fingerprint density at radius 1 is 0.462 bits per heavy atom. The molecule has 8 aromatic carbocycles. The summed E-state index contributed by atoms with van der Waals surface area (Å²) in [6, 6.07) is 45.0. The monoisotopic (exact) mass is 804 g/mol. The van der Waals surface area contributed by atoms with Gasteiger partial charge in [0.25, 0.3) is 0 Å². The third kappa shape index (κ3) is 7.00. The first-order chi connectivity index (χ1) is 24.4. The molecule has 0 aromatic heterocycles. The van der Waals surface area contributed by atoms with Crippen molar-refractivity contribution in [1.29, 1.82) is 0 Å². The van der Waals surface area contributed by atoms with Crippen LogP contribution in [-0.2, 0) is 36.2 Å². The van der Waals surface area contributed by atoms with Gasteiger partial charge in [-0.05, 0) is 67.8 Å². The molecule has 0 atom stereocenters. The maximum absolute atomic E-state index is 2.35. The van der Waals surface area contributed by atoms with Crippen molar-refractivity contribution in [3.63, 3.8) is 0 Å². The van der Waals surface area contributed by atoms with Gasteiger partial charge in [-0.15, -0.1) is 69.1 Å². The standard InChI is InChI=1S/2C23H17.C2H6Si.2ClH.Zr/c2*1-2-15-13-18-6-4-7-19(22(18)14-15)20-12-11-17-10-9-16-5-3-8-21(20)23(16)17;1-3-2;;;/h2*3-14H,2H2,1H3;1-2H3;2*1H;/q2*-1;;;;+2/p-2. The second kappa shape index (κ2) is 16.1. The second-order valence-corrected chi connectivity index (χ2v) is 23.0. The predicted molar refractivity (Wildman–Crippen MR) is 219 cm³/mol. The van der Waals surface area contributed by atoms with Crippen LogP contribution >= 0.6 is 0 Å². The van der Waals surface area contributed by atoms with Crippen molar-refractivity contribution < 1.29 is 48.1 Å². The van der Waals surface area contributed by atoms with Gasteiger partial charge in [-0.3, -0.25) is 0 Å². The van der Waals surface area contributed by atoms with Crippen molar-refractivity contribution in [3.8, 4) is 22.3 Å². The summed E-state index contributed by atoms with van der Waals surface area (Å²) in [5, 5.41) is 10.9. The van der Waals surface area contributed by atoms with E-state index in [-0.39, 0.29) is 30.2 Å². The van der Waals surface area contributed by atoms with Gasteiger partial charge in [0.05, 0.1) is 0 Å². The molecule has 0 radical (unpaired) electrons. The van der Waals surface area contributed by atoms with Gasteiger partial charge in [0.2, 0.25) is 0 Å². The summed E-state index contributed by atoms with van der Waals surface area (Å²) in [6.45, 7) is 9.06. The van der Waals surface area contributed by atoms with Crippen LogP contribution in [0.5, 0.6) is 0 Å². The van der Waals surface area contributed by atoms with E-state index in [0.29, 0.717) is 0 Å². The van der Waals surface area contributed by atoms with Crippen molar-refractivity contribution in [2.45, 2.75) is 39.8 Å². The van der Waals surface area contributed by atoms with Crippen LogP contribution in [0.25, 0.3) is 89.6 Å².